The zero-order valence-electron chi connectivity index (χ0n) is 23.2. The van der Waals surface area contributed by atoms with Crippen molar-refractivity contribution >= 4 is 18.2 Å². The van der Waals surface area contributed by atoms with E-state index >= 15 is 0 Å². The molecule has 7 heteroatoms. The Labute approximate surface area is 209 Å². The van der Waals surface area contributed by atoms with E-state index in [1.54, 1.807) is 18.9 Å². The van der Waals surface area contributed by atoms with Crippen LogP contribution in [-0.2, 0) is 14.4 Å². The molecule has 7 nitrogen and oxygen atoms in total. The maximum Gasteiger partial charge on any atom is 0.249 e. The Hall–Kier alpha value is -1.89. The van der Waals surface area contributed by atoms with Gasteiger partial charge in [0.15, 0.2) is 0 Å². The number of nitrogens with zero attached hydrogens (tertiary/aromatic N) is 3. The van der Waals surface area contributed by atoms with E-state index in [2.05, 4.69) is 37.9 Å². The van der Waals surface area contributed by atoms with Gasteiger partial charge in [-0.05, 0) is 65.5 Å². The summed E-state index contributed by atoms with van der Waals surface area (Å²) >= 11 is 0. The second kappa shape index (κ2) is 18.4. The molecule has 0 aromatic heterocycles. The van der Waals surface area contributed by atoms with E-state index in [0.29, 0.717) is 12.0 Å². The predicted octanol–water partition coefficient (Wildman–Crippen LogP) is 4.08. The third kappa shape index (κ3) is 12.5. The first-order valence-electron chi connectivity index (χ1n) is 13.2. The standard InChI is InChI=1S/C16H27N3O3.C8H17N.C3H8/c1-12(2)14(18(4)15(21)10-17-11-20)9-13(3)16(22)19-7-5-6-8-19;1-8(2)9-6-4-3-5-7-9;1-3-2/h9,11-12,14H,5-8,10H2,1-4H3,(H,17,20);8H,3-7H2,1-2H3;3H2,1-2H3/b13-9+;;/t14-;;/m1../s1. The fraction of sp³-hybridized carbons (Fsp3) is 0.815. The lowest BCUT2D eigenvalue weighted by molar-refractivity contribution is -0.132. The maximum absolute atomic E-state index is 12.4. The van der Waals surface area contributed by atoms with Crippen molar-refractivity contribution in [2.24, 2.45) is 5.92 Å². The van der Waals surface area contributed by atoms with Gasteiger partial charge in [0.2, 0.25) is 18.2 Å². The van der Waals surface area contributed by atoms with E-state index in [-0.39, 0.29) is 30.3 Å². The zero-order valence-corrected chi connectivity index (χ0v) is 23.2. The minimum absolute atomic E-state index is 0.0316. The van der Waals surface area contributed by atoms with Crippen molar-refractivity contribution in [3.63, 3.8) is 0 Å². The number of hydrogen-bond donors (Lipinski definition) is 1. The van der Waals surface area contributed by atoms with Crippen molar-refractivity contribution < 1.29 is 14.4 Å². The van der Waals surface area contributed by atoms with Crippen LogP contribution in [0.15, 0.2) is 11.6 Å². The number of nitrogens with one attached hydrogen (secondary N) is 1. The van der Waals surface area contributed by atoms with Crippen molar-refractivity contribution in [1.29, 1.82) is 0 Å². The molecule has 2 aliphatic heterocycles. The van der Waals surface area contributed by atoms with Gasteiger partial charge in [-0.25, -0.2) is 0 Å². The molecular weight excluding hydrogens is 428 g/mol. The molecule has 0 aromatic carbocycles. The lowest BCUT2D eigenvalue weighted by atomic mass is 9.99. The first-order chi connectivity index (χ1) is 16.1. The molecule has 2 aliphatic rings. The molecule has 3 amide bonds. The van der Waals surface area contributed by atoms with Gasteiger partial charge in [-0.3, -0.25) is 14.4 Å². The van der Waals surface area contributed by atoms with Crippen LogP contribution in [0.3, 0.4) is 0 Å². The van der Waals surface area contributed by atoms with Crippen molar-refractivity contribution in [2.45, 2.75) is 99.1 Å². The van der Waals surface area contributed by atoms with Gasteiger partial charge in [0.1, 0.15) is 0 Å². The van der Waals surface area contributed by atoms with Crippen LogP contribution in [0.2, 0.25) is 0 Å². The molecule has 0 unspecified atom stereocenters. The van der Waals surface area contributed by atoms with Crippen molar-refractivity contribution in [1.82, 2.24) is 20.0 Å². The fourth-order valence-electron chi connectivity index (χ4n) is 4.10. The number of rotatable bonds is 8. The Morgan fingerprint density at radius 2 is 1.44 bits per heavy atom. The molecule has 2 fully saturated rings. The van der Waals surface area contributed by atoms with E-state index in [4.69, 9.17) is 0 Å². The molecular formula is C27H52N4O3. The molecule has 0 bridgehead atoms. The monoisotopic (exact) mass is 480 g/mol. The summed E-state index contributed by atoms with van der Waals surface area (Å²) in [5, 5.41) is 2.38. The minimum Gasteiger partial charge on any atom is -0.350 e. The molecule has 2 saturated heterocycles. The molecule has 0 aliphatic carbocycles. The molecule has 1 atom stereocenters. The van der Waals surface area contributed by atoms with Crippen LogP contribution in [0.5, 0.6) is 0 Å². The molecule has 34 heavy (non-hydrogen) atoms. The molecule has 0 aromatic rings. The van der Waals surface area contributed by atoms with Crippen LogP contribution in [0, 0.1) is 5.92 Å². The van der Waals surface area contributed by atoms with Gasteiger partial charge in [0, 0.05) is 31.8 Å². The lowest BCUT2D eigenvalue weighted by Gasteiger charge is -2.30. The molecule has 2 heterocycles. The van der Waals surface area contributed by atoms with Gasteiger partial charge in [0.25, 0.3) is 0 Å². The summed E-state index contributed by atoms with van der Waals surface area (Å²) in [6, 6.07) is 0.595. The van der Waals surface area contributed by atoms with Crippen LogP contribution in [0.4, 0.5) is 0 Å². The fourth-order valence-corrected chi connectivity index (χ4v) is 4.10. The van der Waals surface area contributed by atoms with Crippen molar-refractivity contribution in [3.05, 3.63) is 11.6 Å². The summed E-state index contributed by atoms with van der Waals surface area (Å²) in [5.41, 5.74) is 0.670. The normalized spacial score (nSPS) is 17.4. The first-order valence-corrected chi connectivity index (χ1v) is 13.2. The average molecular weight is 481 g/mol. The smallest absolute Gasteiger partial charge is 0.249 e. The minimum atomic E-state index is -0.177. The summed E-state index contributed by atoms with van der Waals surface area (Å²) in [4.78, 5) is 40.7. The van der Waals surface area contributed by atoms with Crippen LogP contribution in [-0.4, -0.2) is 84.8 Å². The third-order valence-corrected chi connectivity index (χ3v) is 6.13. The van der Waals surface area contributed by atoms with E-state index < -0.39 is 0 Å². The summed E-state index contributed by atoms with van der Waals surface area (Å²) < 4.78 is 0. The quantitative estimate of drug-likeness (QED) is 0.420. The van der Waals surface area contributed by atoms with Gasteiger partial charge < -0.3 is 20.0 Å². The van der Waals surface area contributed by atoms with Gasteiger partial charge in [-0.1, -0.05) is 46.6 Å². The molecule has 0 spiro atoms. The summed E-state index contributed by atoms with van der Waals surface area (Å²) in [7, 11) is 1.70. The van der Waals surface area contributed by atoms with E-state index in [0.717, 1.165) is 32.0 Å². The predicted molar refractivity (Wildman–Crippen MR) is 142 cm³/mol. The number of hydrogen-bond acceptors (Lipinski definition) is 4. The molecule has 0 radical (unpaired) electrons. The lowest BCUT2D eigenvalue weighted by Crippen LogP contribution is -2.43. The van der Waals surface area contributed by atoms with Crippen molar-refractivity contribution in [3.8, 4) is 0 Å². The number of carbonyl (C=O) groups is 3. The Morgan fingerprint density at radius 1 is 0.941 bits per heavy atom. The van der Waals surface area contributed by atoms with Gasteiger partial charge >= 0.3 is 0 Å². The van der Waals surface area contributed by atoms with Crippen LogP contribution < -0.4 is 5.32 Å². The summed E-state index contributed by atoms with van der Waals surface area (Å²) in [5.74, 6) is 0.0463. The highest BCUT2D eigenvalue weighted by atomic mass is 16.2. The number of carbonyl (C=O) groups excluding carboxylic acids is 3. The zero-order chi connectivity index (χ0) is 26.1. The average Bonchev–Trinajstić information content (AvgIpc) is 3.36. The van der Waals surface area contributed by atoms with Gasteiger partial charge in [-0.15, -0.1) is 0 Å². The third-order valence-electron chi connectivity index (χ3n) is 6.13. The summed E-state index contributed by atoms with van der Waals surface area (Å²) in [6.45, 7) is 18.9. The molecule has 0 saturated carbocycles. The Balaban J connectivity index is 0.000000745. The molecule has 198 valence electrons. The first kappa shape index (κ1) is 32.1. The van der Waals surface area contributed by atoms with Crippen LogP contribution >= 0.6 is 0 Å². The Morgan fingerprint density at radius 3 is 1.85 bits per heavy atom. The van der Waals surface area contributed by atoms with Crippen LogP contribution in [0.25, 0.3) is 0 Å². The second-order valence-electron chi connectivity index (χ2n) is 9.98. The Bertz CT molecular complexity index is 607. The topological polar surface area (TPSA) is 73.0 Å². The second-order valence-corrected chi connectivity index (χ2v) is 9.98. The number of likely N-dealkylation sites (tertiary alicyclic amines) is 2. The maximum atomic E-state index is 12.4. The highest BCUT2D eigenvalue weighted by Crippen LogP contribution is 2.17. The largest absolute Gasteiger partial charge is 0.350 e. The van der Waals surface area contributed by atoms with Crippen LogP contribution in [0.1, 0.15) is 87.0 Å². The number of likely N-dealkylation sites (N-methyl/N-ethyl adjacent to an activating group) is 1. The van der Waals surface area contributed by atoms with Gasteiger partial charge in [-0.2, -0.15) is 0 Å². The van der Waals surface area contributed by atoms with E-state index in [9.17, 15) is 14.4 Å². The highest BCUT2D eigenvalue weighted by Gasteiger charge is 2.24. The van der Waals surface area contributed by atoms with E-state index in [1.165, 1.54) is 38.8 Å². The Kier molecular flexibility index (Phi) is 17.4. The van der Waals surface area contributed by atoms with Gasteiger partial charge in [0.05, 0.1) is 12.6 Å². The number of amides is 3. The molecule has 2 rings (SSSR count). The highest BCUT2D eigenvalue weighted by molar-refractivity contribution is 5.93. The summed E-state index contributed by atoms with van der Waals surface area (Å²) in [6.07, 6.45) is 10.0. The van der Waals surface area contributed by atoms with Crippen molar-refractivity contribution in [2.75, 3.05) is 39.8 Å². The molecule has 1 N–H and O–H groups in total. The SMILES string of the molecule is C/C(=C\[C@H](C(C)C)N(C)C(=O)CNC=O)C(=O)N1CCCC1.CC(C)N1CCCCC1.CCC. The number of piperidine rings is 1. The van der Waals surface area contributed by atoms with E-state index in [1.807, 2.05) is 24.8 Å².